The fraction of sp³-hybridized carbons (Fsp3) is 0.400. The molecule has 0 radical (unpaired) electrons. The van der Waals surface area contributed by atoms with E-state index in [9.17, 15) is 4.79 Å². The molecular weight excluding hydrogens is 146 g/mol. The fourth-order valence-electron chi connectivity index (χ4n) is 0.777. The number of carbonyl (C=O) groups excluding carboxylic acids is 1. The molecule has 0 saturated carbocycles. The molecule has 1 aliphatic rings. The summed E-state index contributed by atoms with van der Waals surface area (Å²) < 4.78 is 0. The van der Waals surface area contributed by atoms with Gasteiger partial charge in [-0.1, -0.05) is 0 Å². The summed E-state index contributed by atoms with van der Waals surface area (Å²) in [6, 6.07) is 0. The predicted octanol–water partition coefficient (Wildman–Crippen LogP) is -1.70. The molecule has 6 nitrogen and oxygen atoms in total. The second-order valence-corrected chi connectivity index (χ2v) is 2.22. The average molecular weight is 155 g/mol. The van der Waals surface area contributed by atoms with Crippen molar-refractivity contribution in [3.63, 3.8) is 0 Å². The molecule has 0 spiro atoms. The summed E-state index contributed by atoms with van der Waals surface area (Å²) in [6.07, 6.45) is 0. The summed E-state index contributed by atoms with van der Waals surface area (Å²) in [5, 5.41) is 9.28. The maximum atomic E-state index is 10.7. The van der Waals surface area contributed by atoms with Crippen LogP contribution in [0.1, 0.15) is 0 Å². The molecule has 0 aromatic carbocycles. The van der Waals surface area contributed by atoms with Crippen molar-refractivity contribution >= 4 is 17.8 Å². The van der Waals surface area contributed by atoms with Crippen LogP contribution >= 0.6 is 0 Å². The van der Waals surface area contributed by atoms with Crippen molar-refractivity contribution in [1.29, 1.82) is 5.41 Å². The number of aliphatic imine (C=N–C) groups is 1. The Balaban J connectivity index is 2.74. The number of amides is 1. The van der Waals surface area contributed by atoms with E-state index in [0.717, 1.165) is 0 Å². The van der Waals surface area contributed by atoms with Gasteiger partial charge < -0.3 is 10.6 Å². The zero-order valence-electron chi connectivity index (χ0n) is 6.09. The molecule has 0 aliphatic carbocycles. The Morgan fingerprint density at radius 1 is 1.91 bits per heavy atom. The third-order valence-corrected chi connectivity index (χ3v) is 1.22. The van der Waals surface area contributed by atoms with Crippen LogP contribution in [0, 0.1) is 5.41 Å². The van der Waals surface area contributed by atoms with Crippen LogP contribution < -0.4 is 11.1 Å². The molecule has 1 saturated heterocycles. The van der Waals surface area contributed by atoms with E-state index in [4.69, 9.17) is 11.1 Å². The molecule has 60 valence electrons. The number of rotatable bonds is 0. The van der Waals surface area contributed by atoms with Crippen LogP contribution in [0.4, 0.5) is 0 Å². The number of carbonyl (C=O) groups is 1. The normalized spacial score (nSPS) is 20.6. The summed E-state index contributed by atoms with van der Waals surface area (Å²) in [4.78, 5) is 15.9. The van der Waals surface area contributed by atoms with Crippen LogP contribution in [0.5, 0.6) is 0 Å². The van der Waals surface area contributed by atoms with E-state index in [2.05, 4.69) is 10.3 Å². The number of hydrogen-bond acceptors (Lipinski definition) is 2. The minimum atomic E-state index is -0.311. The minimum Gasteiger partial charge on any atom is -0.368 e. The van der Waals surface area contributed by atoms with E-state index in [1.54, 1.807) is 11.9 Å². The summed E-state index contributed by atoms with van der Waals surface area (Å²) in [5.41, 5.74) is 5.00. The largest absolute Gasteiger partial charge is 0.368 e. The zero-order valence-corrected chi connectivity index (χ0v) is 6.09. The molecule has 1 rings (SSSR count). The highest BCUT2D eigenvalue weighted by molar-refractivity contribution is 6.07. The van der Waals surface area contributed by atoms with E-state index in [0.29, 0.717) is 5.96 Å². The standard InChI is InChI=1S/C5H9N5O/c1-10-2-3(11)8-5(10)9-4(6)7/h2H2,1H3,(H4,6,7,8,9,11). The molecule has 1 amide bonds. The highest BCUT2D eigenvalue weighted by atomic mass is 16.2. The van der Waals surface area contributed by atoms with Crippen LogP contribution in [-0.4, -0.2) is 36.3 Å². The third kappa shape index (κ3) is 1.66. The number of nitrogens with one attached hydrogen (secondary N) is 2. The molecule has 0 aromatic heterocycles. The van der Waals surface area contributed by atoms with Gasteiger partial charge in [-0.2, -0.15) is 4.99 Å². The first-order chi connectivity index (χ1) is 5.09. The van der Waals surface area contributed by atoms with Gasteiger partial charge in [0.05, 0.1) is 6.54 Å². The second kappa shape index (κ2) is 2.57. The van der Waals surface area contributed by atoms with Gasteiger partial charge in [0.2, 0.25) is 17.8 Å². The number of hydrogen-bond donors (Lipinski definition) is 3. The monoisotopic (exact) mass is 155 g/mol. The van der Waals surface area contributed by atoms with Crippen molar-refractivity contribution in [2.75, 3.05) is 13.6 Å². The molecule has 1 fully saturated rings. The van der Waals surface area contributed by atoms with E-state index >= 15 is 0 Å². The van der Waals surface area contributed by atoms with Gasteiger partial charge >= 0.3 is 0 Å². The van der Waals surface area contributed by atoms with Gasteiger partial charge in [0, 0.05) is 7.05 Å². The number of nitrogens with two attached hydrogens (primary N) is 1. The Labute approximate surface area is 63.6 Å². The Bertz CT molecular complexity index is 233. The van der Waals surface area contributed by atoms with E-state index in [1.807, 2.05) is 0 Å². The predicted molar refractivity (Wildman–Crippen MR) is 40.1 cm³/mol. The topological polar surface area (TPSA) is 94.6 Å². The van der Waals surface area contributed by atoms with Crippen molar-refractivity contribution in [2.24, 2.45) is 10.7 Å². The quantitative estimate of drug-likeness (QED) is 0.287. The Hall–Kier alpha value is -1.59. The molecule has 1 heterocycles. The van der Waals surface area contributed by atoms with Gasteiger partial charge in [0.25, 0.3) is 0 Å². The van der Waals surface area contributed by atoms with Crippen molar-refractivity contribution in [2.45, 2.75) is 0 Å². The van der Waals surface area contributed by atoms with Crippen molar-refractivity contribution in [1.82, 2.24) is 10.2 Å². The fourth-order valence-corrected chi connectivity index (χ4v) is 0.777. The highest BCUT2D eigenvalue weighted by Crippen LogP contribution is 1.92. The minimum absolute atomic E-state index is 0.132. The number of likely N-dealkylation sites (N-methyl/N-ethyl adjacent to an activating group) is 1. The molecule has 6 heteroatoms. The molecule has 0 bridgehead atoms. The summed E-state index contributed by atoms with van der Waals surface area (Å²) in [5.74, 6) is -0.107. The third-order valence-electron chi connectivity index (χ3n) is 1.22. The molecule has 11 heavy (non-hydrogen) atoms. The number of nitrogens with zero attached hydrogens (tertiary/aromatic N) is 2. The van der Waals surface area contributed by atoms with Gasteiger partial charge in [-0.3, -0.25) is 15.5 Å². The highest BCUT2D eigenvalue weighted by Gasteiger charge is 2.20. The van der Waals surface area contributed by atoms with Gasteiger partial charge in [0.1, 0.15) is 0 Å². The Kier molecular flexibility index (Phi) is 1.75. The molecular formula is C5H9N5O. The molecule has 0 atom stereocenters. The lowest BCUT2D eigenvalue weighted by atomic mass is 10.6. The first-order valence-electron chi connectivity index (χ1n) is 3.03. The Morgan fingerprint density at radius 3 is 2.91 bits per heavy atom. The molecule has 0 unspecified atom stereocenters. The van der Waals surface area contributed by atoms with Gasteiger partial charge in [-0.05, 0) is 0 Å². The lowest BCUT2D eigenvalue weighted by Crippen LogP contribution is -2.29. The smallest absolute Gasteiger partial charge is 0.246 e. The molecule has 4 N–H and O–H groups in total. The SMILES string of the molecule is CN1CC(=O)N/C1=N/C(=N)N. The zero-order chi connectivity index (χ0) is 8.43. The van der Waals surface area contributed by atoms with Crippen LogP contribution in [-0.2, 0) is 4.79 Å². The van der Waals surface area contributed by atoms with E-state index < -0.39 is 0 Å². The lowest BCUT2D eigenvalue weighted by Gasteiger charge is -2.06. The van der Waals surface area contributed by atoms with Crippen molar-refractivity contribution in [3.05, 3.63) is 0 Å². The van der Waals surface area contributed by atoms with E-state index in [1.165, 1.54) is 0 Å². The second-order valence-electron chi connectivity index (χ2n) is 2.22. The summed E-state index contributed by atoms with van der Waals surface area (Å²) in [7, 11) is 1.69. The first-order valence-corrected chi connectivity index (χ1v) is 3.03. The van der Waals surface area contributed by atoms with Crippen LogP contribution in [0.3, 0.4) is 0 Å². The molecule has 0 aromatic rings. The van der Waals surface area contributed by atoms with E-state index in [-0.39, 0.29) is 18.4 Å². The molecule has 1 aliphatic heterocycles. The van der Waals surface area contributed by atoms with Crippen molar-refractivity contribution < 1.29 is 4.79 Å². The van der Waals surface area contributed by atoms with Crippen LogP contribution in [0.15, 0.2) is 4.99 Å². The van der Waals surface area contributed by atoms with Crippen LogP contribution in [0.25, 0.3) is 0 Å². The summed E-state index contributed by atoms with van der Waals surface area (Å²) in [6.45, 7) is 0.270. The van der Waals surface area contributed by atoms with Gasteiger partial charge in [-0.25, -0.2) is 0 Å². The average Bonchev–Trinajstić information content (AvgIpc) is 2.09. The van der Waals surface area contributed by atoms with Gasteiger partial charge in [-0.15, -0.1) is 0 Å². The maximum absolute atomic E-state index is 10.7. The van der Waals surface area contributed by atoms with Gasteiger partial charge in [0.15, 0.2) is 0 Å². The van der Waals surface area contributed by atoms with Crippen molar-refractivity contribution in [3.8, 4) is 0 Å². The lowest BCUT2D eigenvalue weighted by molar-refractivity contribution is -0.118. The summed E-state index contributed by atoms with van der Waals surface area (Å²) >= 11 is 0. The first kappa shape index (κ1) is 7.52. The van der Waals surface area contributed by atoms with Crippen LogP contribution in [0.2, 0.25) is 0 Å². The number of guanidine groups is 2. The Morgan fingerprint density at radius 2 is 2.55 bits per heavy atom. The maximum Gasteiger partial charge on any atom is 0.246 e.